The van der Waals surface area contributed by atoms with E-state index in [1.807, 2.05) is 36.6 Å². The van der Waals surface area contributed by atoms with E-state index >= 15 is 0 Å². The zero-order valence-electron chi connectivity index (χ0n) is 14.3. The molecule has 0 aliphatic carbocycles. The monoisotopic (exact) mass is 317 g/mol. The lowest BCUT2D eigenvalue weighted by Gasteiger charge is -2.33. The predicted octanol–water partition coefficient (Wildman–Crippen LogP) is 2.30. The van der Waals surface area contributed by atoms with Crippen LogP contribution in [0.3, 0.4) is 0 Å². The molecule has 2 rings (SSSR count). The quantitative estimate of drug-likeness (QED) is 0.867. The minimum Gasteiger partial charge on any atom is -0.399 e. The summed E-state index contributed by atoms with van der Waals surface area (Å²) in [6, 6.07) is 5.39. The third-order valence-electron chi connectivity index (χ3n) is 4.72. The number of nitrogen functional groups attached to an aromatic ring is 1. The van der Waals surface area contributed by atoms with Crippen molar-refractivity contribution in [3.05, 3.63) is 29.3 Å². The summed E-state index contributed by atoms with van der Waals surface area (Å²) < 4.78 is 0. The van der Waals surface area contributed by atoms with Gasteiger partial charge in [0.25, 0.3) is 5.91 Å². The zero-order valence-corrected chi connectivity index (χ0v) is 14.3. The molecule has 5 heteroatoms. The molecule has 2 N–H and O–H groups in total. The minimum absolute atomic E-state index is 0.0295. The molecular formula is C18H27N3O2. The Bertz CT molecular complexity index is 574. The number of nitrogens with zero attached hydrogens (tertiary/aromatic N) is 2. The number of rotatable bonds is 4. The van der Waals surface area contributed by atoms with E-state index in [-0.39, 0.29) is 17.7 Å². The topological polar surface area (TPSA) is 66.6 Å². The van der Waals surface area contributed by atoms with Crippen molar-refractivity contribution in [2.45, 2.75) is 33.6 Å². The molecule has 1 aromatic carbocycles. The lowest BCUT2D eigenvalue weighted by Crippen LogP contribution is -2.44. The molecule has 0 unspecified atom stereocenters. The maximum Gasteiger partial charge on any atom is 0.253 e. The number of aryl methyl sites for hydroxylation is 1. The number of piperidine rings is 1. The van der Waals surface area contributed by atoms with E-state index in [1.165, 1.54) is 0 Å². The van der Waals surface area contributed by atoms with Crippen molar-refractivity contribution in [3.8, 4) is 0 Å². The Kier molecular flexibility index (Phi) is 5.64. The Morgan fingerprint density at radius 1 is 1.22 bits per heavy atom. The van der Waals surface area contributed by atoms with Gasteiger partial charge in [0, 0.05) is 43.3 Å². The van der Waals surface area contributed by atoms with Crippen molar-refractivity contribution in [2.24, 2.45) is 5.92 Å². The fourth-order valence-corrected chi connectivity index (χ4v) is 3.11. The molecular weight excluding hydrogens is 290 g/mol. The summed E-state index contributed by atoms with van der Waals surface area (Å²) in [5.74, 6) is 0.305. The third kappa shape index (κ3) is 3.84. The van der Waals surface area contributed by atoms with Crippen molar-refractivity contribution >= 4 is 17.5 Å². The standard InChI is InChI=1S/C18H27N3O2/c1-4-20(5-2)17(22)14-8-10-21(11-9-14)18(23)15-6-7-16(19)13(3)12-15/h6-7,12,14H,4-5,8-11,19H2,1-3H3. The van der Waals surface area contributed by atoms with E-state index in [4.69, 9.17) is 5.73 Å². The summed E-state index contributed by atoms with van der Waals surface area (Å²) in [4.78, 5) is 28.7. The fraction of sp³-hybridized carbons (Fsp3) is 0.556. The van der Waals surface area contributed by atoms with Crippen LogP contribution in [0.25, 0.3) is 0 Å². The van der Waals surface area contributed by atoms with Crippen molar-refractivity contribution in [1.29, 1.82) is 0 Å². The van der Waals surface area contributed by atoms with Gasteiger partial charge in [0.05, 0.1) is 0 Å². The van der Waals surface area contributed by atoms with Gasteiger partial charge in [-0.15, -0.1) is 0 Å². The average molecular weight is 317 g/mol. The fourth-order valence-electron chi connectivity index (χ4n) is 3.11. The van der Waals surface area contributed by atoms with Crippen LogP contribution in [0.5, 0.6) is 0 Å². The lowest BCUT2D eigenvalue weighted by molar-refractivity contribution is -0.136. The van der Waals surface area contributed by atoms with E-state index in [2.05, 4.69) is 0 Å². The molecule has 1 fully saturated rings. The first-order valence-electron chi connectivity index (χ1n) is 8.42. The summed E-state index contributed by atoms with van der Waals surface area (Å²) in [7, 11) is 0. The molecule has 126 valence electrons. The van der Waals surface area contributed by atoms with Gasteiger partial charge in [-0.2, -0.15) is 0 Å². The number of amides is 2. The number of anilines is 1. The Morgan fingerprint density at radius 2 is 1.83 bits per heavy atom. The van der Waals surface area contributed by atoms with E-state index < -0.39 is 0 Å². The number of carbonyl (C=O) groups excluding carboxylic acids is 2. The predicted molar refractivity (Wildman–Crippen MR) is 92.1 cm³/mol. The smallest absolute Gasteiger partial charge is 0.253 e. The van der Waals surface area contributed by atoms with Gasteiger partial charge in [-0.25, -0.2) is 0 Å². The number of hydrogen-bond donors (Lipinski definition) is 1. The maximum atomic E-state index is 12.6. The summed E-state index contributed by atoms with van der Waals surface area (Å²) in [6.07, 6.45) is 1.49. The Labute approximate surface area is 138 Å². The Balaban J connectivity index is 1.97. The van der Waals surface area contributed by atoms with Gasteiger partial charge in [-0.05, 0) is 57.4 Å². The first kappa shape index (κ1) is 17.3. The first-order chi connectivity index (χ1) is 11.0. The van der Waals surface area contributed by atoms with Crippen LogP contribution in [0, 0.1) is 12.8 Å². The van der Waals surface area contributed by atoms with Gasteiger partial charge in [-0.1, -0.05) is 0 Å². The van der Waals surface area contributed by atoms with E-state index in [1.54, 1.807) is 12.1 Å². The van der Waals surface area contributed by atoms with Crippen LogP contribution in [0.1, 0.15) is 42.6 Å². The number of benzene rings is 1. The molecule has 1 aliphatic heterocycles. The van der Waals surface area contributed by atoms with Crippen LogP contribution in [0.4, 0.5) is 5.69 Å². The Hall–Kier alpha value is -2.04. The summed E-state index contributed by atoms with van der Waals surface area (Å²) >= 11 is 0. The van der Waals surface area contributed by atoms with Gasteiger partial charge in [0.2, 0.25) is 5.91 Å². The van der Waals surface area contributed by atoms with Gasteiger partial charge in [-0.3, -0.25) is 9.59 Å². The maximum absolute atomic E-state index is 12.6. The lowest BCUT2D eigenvalue weighted by atomic mass is 9.94. The molecule has 2 amide bonds. The SMILES string of the molecule is CCN(CC)C(=O)C1CCN(C(=O)c2ccc(N)c(C)c2)CC1. The minimum atomic E-state index is 0.0295. The van der Waals surface area contributed by atoms with E-state index in [0.29, 0.717) is 24.3 Å². The van der Waals surface area contributed by atoms with Crippen molar-refractivity contribution in [2.75, 3.05) is 31.9 Å². The highest BCUT2D eigenvalue weighted by Crippen LogP contribution is 2.22. The van der Waals surface area contributed by atoms with Crippen LogP contribution in [0.2, 0.25) is 0 Å². The summed E-state index contributed by atoms with van der Waals surface area (Å²) in [5.41, 5.74) is 8.10. The van der Waals surface area contributed by atoms with Crippen LogP contribution in [-0.2, 0) is 4.79 Å². The normalized spacial score (nSPS) is 15.5. The highest BCUT2D eigenvalue weighted by molar-refractivity contribution is 5.95. The second-order valence-electron chi connectivity index (χ2n) is 6.15. The summed E-state index contributed by atoms with van der Waals surface area (Å²) in [5, 5.41) is 0. The van der Waals surface area contributed by atoms with Crippen LogP contribution >= 0.6 is 0 Å². The highest BCUT2D eigenvalue weighted by Gasteiger charge is 2.29. The zero-order chi connectivity index (χ0) is 17.0. The average Bonchev–Trinajstić information content (AvgIpc) is 2.58. The molecule has 1 heterocycles. The molecule has 0 spiro atoms. The molecule has 0 saturated carbocycles. The van der Waals surface area contributed by atoms with Crippen molar-refractivity contribution < 1.29 is 9.59 Å². The van der Waals surface area contributed by atoms with Gasteiger partial charge < -0.3 is 15.5 Å². The summed E-state index contributed by atoms with van der Waals surface area (Å²) in [6.45, 7) is 8.69. The molecule has 5 nitrogen and oxygen atoms in total. The van der Waals surface area contributed by atoms with Gasteiger partial charge >= 0.3 is 0 Å². The molecule has 1 aromatic rings. The number of hydrogen-bond acceptors (Lipinski definition) is 3. The number of nitrogens with two attached hydrogens (primary N) is 1. The molecule has 1 saturated heterocycles. The van der Waals surface area contributed by atoms with Crippen LogP contribution in [0.15, 0.2) is 18.2 Å². The van der Waals surface area contributed by atoms with Gasteiger partial charge in [0.15, 0.2) is 0 Å². The van der Waals surface area contributed by atoms with Crippen LogP contribution < -0.4 is 5.73 Å². The molecule has 0 radical (unpaired) electrons. The molecule has 0 aromatic heterocycles. The molecule has 1 aliphatic rings. The third-order valence-corrected chi connectivity index (χ3v) is 4.72. The Morgan fingerprint density at radius 3 is 2.35 bits per heavy atom. The van der Waals surface area contributed by atoms with Crippen molar-refractivity contribution in [1.82, 2.24) is 9.80 Å². The first-order valence-corrected chi connectivity index (χ1v) is 8.42. The molecule has 0 atom stereocenters. The van der Waals surface area contributed by atoms with Gasteiger partial charge in [0.1, 0.15) is 0 Å². The molecule has 0 bridgehead atoms. The highest BCUT2D eigenvalue weighted by atomic mass is 16.2. The molecule has 23 heavy (non-hydrogen) atoms. The largest absolute Gasteiger partial charge is 0.399 e. The van der Waals surface area contributed by atoms with E-state index in [9.17, 15) is 9.59 Å². The number of likely N-dealkylation sites (tertiary alicyclic amines) is 1. The van der Waals surface area contributed by atoms with Crippen molar-refractivity contribution in [3.63, 3.8) is 0 Å². The second kappa shape index (κ2) is 7.49. The number of carbonyl (C=O) groups is 2. The van der Waals surface area contributed by atoms with Crippen LogP contribution in [-0.4, -0.2) is 47.8 Å². The van der Waals surface area contributed by atoms with E-state index in [0.717, 1.165) is 31.5 Å². The second-order valence-corrected chi connectivity index (χ2v) is 6.15.